The first-order valence-corrected chi connectivity index (χ1v) is 4.99. The fourth-order valence-corrected chi connectivity index (χ4v) is 1.80. The Kier molecular flexibility index (Phi) is 2.70. The molecule has 0 aromatic carbocycles. The Morgan fingerprint density at radius 2 is 2.38 bits per heavy atom. The Morgan fingerprint density at radius 3 is 2.85 bits per heavy atom. The topological polar surface area (TPSA) is 83.1 Å². The molecule has 0 bridgehead atoms. The molecule has 1 aromatic heterocycles. The van der Waals surface area contributed by atoms with Crippen molar-refractivity contribution in [1.82, 2.24) is 4.72 Å². The van der Waals surface area contributed by atoms with Gasteiger partial charge in [0.2, 0.25) is 10.0 Å². The smallest absolute Gasteiger partial charge is 0.244 e. The molecule has 5 nitrogen and oxygen atoms in total. The molecule has 0 radical (unpaired) electrons. The molecule has 1 N–H and O–H groups in total. The summed E-state index contributed by atoms with van der Waals surface area (Å²) in [5.41, 5.74) is 0. The first kappa shape index (κ1) is 9.77. The Morgan fingerprint density at radius 1 is 1.69 bits per heavy atom. The van der Waals surface area contributed by atoms with Crippen molar-refractivity contribution in [3.63, 3.8) is 0 Å². The van der Waals surface area contributed by atoms with Crippen LogP contribution < -0.4 is 4.72 Å². The van der Waals surface area contributed by atoms with Crippen molar-refractivity contribution in [3.05, 3.63) is 18.6 Å². The van der Waals surface area contributed by atoms with Crippen molar-refractivity contribution in [1.29, 1.82) is 5.26 Å². The minimum Gasteiger partial charge on any atom is -0.471 e. The van der Waals surface area contributed by atoms with E-state index in [0.717, 1.165) is 6.26 Å². The first-order valence-electron chi connectivity index (χ1n) is 3.50. The van der Waals surface area contributed by atoms with Crippen LogP contribution in [0.4, 0.5) is 0 Å². The second-order valence-corrected chi connectivity index (χ2v) is 4.15. The van der Waals surface area contributed by atoms with E-state index < -0.39 is 16.1 Å². The van der Waals surface area contributed by atoms with Gasteiger partial charge in [0.15, 0.2) is 0 Å². The second-order valence-electron chi connectivity index (χ2n) is 2.43. The molecule has 0 aliphatic carbocycles. The van der Waals surface area contributed by atoms with Gasteiger partial charge >= 0.3 is 0 Å². The standard InChI is InChI=1S/C7H8N2O3S/c1-6(4-8)9-13(10,11)7-2-3-12-5-7/h2-3,5-6,9H,1H3. The molecule has 1 unspecified atom stereocenters. The average molecular weight is 200 g/mol. The lowest BCUT2D eigenvalue weighted by Gasteiger charge is -2.04. The van der Waals surface area contributed by atoms with E-state index >= 15 is 0 Å². The third-order valence-corrected chi connectivity index (χ3v) is 2.85. The van der Waals surface area contributed by atoms with Gasteiger partial charge in [0, 0.05) is 0 Å². The van der Waals surface area contributed by atoms with Gasteiger partial charge in [-0.3, -0.25) is 0 Å². The van der Waals surface area contributed by atoms with Crippen LogP contribution in [-0.2, 0) is 10.0 Å². The van der Waals surface area contributed by atoms with E-state index in [9.17, 15) is 8.42 Å². The predicted octanol–water partition coefficient (Wildman–Crippen LogP) is 0.470. The maximum atomic E-state index is 11.3. The Hall–Kier alpha value is -1.32. The number of hydrogen-bond acceptors (Lipinski definition) is 4. The monoisotopic (exact) mass is 200 g/mol. The predicted molar refractivity (Wildman–Crippen MR) is 44.1 cm³/mol. The van der Waals surface area contributed by atoms with Crippen molar-refractivity contribution in [2.24, 2.45) is 0 Å². The normalized spacial score (nSPS) is 13.5. The number of hydrogen-bond donors (Lipinski definition) is 1. The third-order valence-electron chi connectivity index (χ3n) is 1.33. The Bertz CT molecular complexity index is 401. The van der Waals surface area contributed by atoms with Gasteiger partial charge in [-0.25, -0.2) is 8.42 Å². The van der Waals surface area contributed by atoms with Gasteiger partial charge in [-0.1, -0.05) is 0 Å². The molecule has 13 heavy (non-hydrogen) atoms. The summed E-state index contributed by atoms with van der Waals surface area (Å²) in [4.78, 5) is 0.0228. The van der Waals surface area contributed by atoms with Gasteiger partial charge in [-0.2, -0.15) is 9.98 Å². The van der Waals surface area contributed by atoms with Crippen LogP contribution in [0.15, 0.2) is 27.9 Å². The highest BCUT2D eigenvalue weighted by atomic mass is 32.2. The summed E-state index contributed by atoms with van der Waals surface area (Å²) >= 11 is 0. The fraction of sp³-hybridized carbons (Fsp3) is 0.286. The summed E-state index contributed by atoms with van der Waals surface area (Å²) in [5, 5.41) is 8.40. The maximum Gasteiger partial charge on any atom is 0.244 e. The molecule has 1 heterocycles. The zero-order valence-corrected chi connectivity index (χ0v) is 7.71. The molecule has 0 amide bonds. The van der Waals surface area contributed by atoms with Gasteiger partial charge in [-0.15, -0.1) is 0 Å². The van der Waals surface area contributed by atoms with E-state index in [1.54, 1.807) is 6.07 Å². The van der Waals surface area contributed by atoms with E-state index in [-0.39, 0.29) is 4.90 Å². The maximum absolute atomic E-state index is 11.3. The molecule has 0 saturated heterocycles. The number of nitrogens with zero attached hydrogens (tertiary/aromatic N) is 1. The van der Waals surface area contributed by atoms with Gasteiger partial charge < -0.3 is 4.42 Å². The van der Waals surface area contributed by atoms with Crippen LogP contribution >= 0.6 is 0 Å². The van der Waals surface area contributed by atoms with Crippen LogP contribution in [0, 0.1) is 11.3 Å². The molecular formula is C7H8N2O3S. The van der Waals surface area contributed by atoms with E-state index in [0.29, 0.717) is 0 Å². The van der Waals surface area contributed by atoms with Gasteiger partial charge in [0.25, 0.3) is 0 Å². The molecule has 0 aliphatic rings. The first-order chi connectivity index (χ1) is 6.06. The summed E-state index contributed by atoms with van der Waals surface area (Å²) in [6, 6.07) is 2.32. The van der Waals surface area contributed by atoms with Crippen molar-refractivity contribution >= 4 is 10.0 Å². The van der Waals surface area contributed by atoms with E-state index in [4.69, 9.17) is 5.26 Å². The highest BCUT2D eigenvalue weighted by Crippen LogP contribution is 2.08. The highest BCUT2D eigenvalue weighted by Gasteiger charge is 2.17. The summed E-state index contributed by atoms with van der Waals surface area (Å²) in [5.74, 6) is 0. The van der Waals surface area contributed by atoms with Gasteiger partial charge in [-0.05, 0) is 13.0 Å². The minimum atomic E-state index is -3.59. The molecule has 0 saturated carbocycles. The van der Waals surface area contributed by atoms with Crippen molar-refractivity contribution in [2.75, 3.05) is 0 Å². The van der Waals surface area contributed by atoms with Crippen LogP contribution in [-0.4, -0.2) is 14.5 Å². The van der Waals surface area contributed by atoms with Crippen molar-refractivity contribution in [2.45, 2.75) is 17.9 Å². The van der Waals surface area contributed by atoms with Crippen LogP contribution in [0.1, 0.15) is 6.92 Å². The lowest BCUT2D eigenvalue weighted by molar-refractivity contribution is 0.552. The Labute approximate surface area is 76.0 Å². The summed E-state index contributed by atoms with van der Waals surface area (Å²) in [7, 11) is -3.59. The van der Waals surface area contributed by atoms with Crippen LogP contribution in [0.3, 0.4) is 0 Å². The molecule has 1 aromatic rings. The molecule has 0 aliphatic heterocycles. The van der Waals surface area contributed by atoms with Crippen LogP contribution in [0.25, 0.3) is 0 Å². The van der Waals surface area contributed by atoms with Crippen LogP contribution in [0.5, 0.6) is 0 Å². The van der Waals surface area contributed by atoms with Crippen molar-refractivity contribution in [3.8, 4) is 6.07 Å². The Balaban J connectivity index is 2.87. The number of rotatable bonds is 3. The summed E-state index contributed by atoms with van der Waals surface area (Å²) < 4.78 is 29.5. The van der Waals surface area contributed by atoms with Gasteiger partial charge in [0.1, 0.15) is 17.2 Å². The SMILES string of the molecule is CC(C#N)NS(=O)(=O)c1ccoc1. The average Bonchev–Trinajstić information content (AvgIpc) is 2.55. The van der Waals surface area contributed by atoms with E-state index in [2.05, 4.69) is 9.14 Å². The largest absolute Gasteiger partial charge is 0.471 e. The minimum absolute atomic E-state index is 0.0228. The molecule has 70 valence electrons. The third kappa shape index (κ3) is 2.31. The summed E-state index contributed by atoms with van der Waals surface area (Å²) in [6.45, 7) is 1.46. The number of nitriles is 1. The summed E-state index contributed by atoms with van der Waals surface area (Å²) in [6.07, 6.45) is 2.36. The van der Waals surface area contributed by atoms with Crippen molar-refractivity contribution < 1.29 is 12.8 Å². The zero-order chi connectivity index (χ0) is 9.90. The number of furan rings is 1. The number of nitrogens with one attached hydrogen (secondary N) is 1. The lowest BCUT2D eigenvalue weighted by atomic mass is 10.4. The highest BCUT2D eigenvalue weighted by molar-refractivity contribution is 7.89. The zero-order valence-electron chi connectivity index (χ0n) is 6.89. The fourth-order valence-electron chi connectivity index (χ4n) is 0.732. The molecule has 6 heteroatoms. The molecule has 1 rings (SSSR count). The quantitative estimate of drug-likeness (QED) is 0.768. The number of sulfonamides is 1. The molecule has 1 atom stereocenters. The molecule has 0 spiro atoms. The lowest BCUT2D eigenvalue weighted by Crippen LogP contribution is -2.31. The van der Waals surface area contributed by atoms with E-state index in [1.165, 1.54) is 19.3 Å². The molecular weight excluding hydrogens is 192 g/mol. The van der Waals surface area contributed by atoms with Gasteiger partial charge in [0.05, 0.1) is 12.3 Å². The van der Waals surface area contributed by atoms with Crippen LogP contribution in [0.2, 0.25) is 0 Å². The molecule has 0 fully saturated rings. The van der Waals surface area contributed by atoms with E-state index in [1.807, 2.05) is 0 Å². The second kappa shape index (κ2) is 3.60.